The third kappa shape index (κ3) is 5.56. The van der Waals surface area contributed by atoms with Crippen molar-refractivity contribution < 1.29 is 14.0 Å². The molecule has 222 valence electrons. The van der Waals surface area contributed by atoms with E-state index in [2.05, 4.69) is 39.4 Å². The summed E-state index contributed by atoms with van der Waals surface area (Å²) in [4.78, 5) is 39.4. The number of nitrogens with two attached hydrogens (primary N) is 1. The predicted octanol–water partition coefficient (Wildman–Crippen LogP) is 4.42. The molecule has 4 N–H and O–H groups in total. The molecule has 2 aromatic heterocycles. The number of oxazole rings is 1. The second-order valence-electron chi connectivity index (χ2n) is 11.3. The van der Waals surface area contributed by atoms with Gasteiger partial charge in [0.05, 0.1) is 17.4 Å². The van der Waals surface area contributed by atoms with Crippen LogP contribution in [0.4, 0.5) is 11.8 Å². The number of amides is 2. The number of hydrogen-bond acceptors (Lipinski definition) is 8. The van der Waals surface area contributed by atoms with E-state index < -0.39 is 17.6 Å². The normalized spacial score (nSPS) is 19.7. The molecule has 11 heteroatoms. The van der Waals surface area contributed by atoms with Gasteiger partial charge in [-0.15, -0.1) is 0 Å². The van der Waals surface area contributed by atoms with Crippen LogP contribution in [0.3, 0.4) is 0 Å². The Morgan fingerprint density at radius 1 is 1.23 bits per heavy atom. The van der Waals surface area contributed by atoms with Crippen molar-refractivity contribution in [2.45, 2.75) is 32.0 Å². The Kier molecular flexibility index (Phi) is 7.59. The Morgan fingerprint density at radius 3 is 2.84 bits per heavy atom. The number of hydrogen-bond donors (Lipinski definition) is 3. The number of anilines is 2. The molecular weight excluding hydrogens is 544 g/mol. The SMILES string of the molecule is CCN(C)C/C=C/C(=O)N1CC[C@](C)(n2cc(C(=O)Nc3nc4cc(-c5ccccc5)ccc4o3)c3c2NC=NC3N)C1. The van der Waals surface area contributed by atoms with Crippen LogP contribution in [0.5, 0.6) is 0 Å². The smallest absolute Gasteiger partial charge is 0.302 e. The molecule has 4 heterocycles. The third-order valence-corrected chi connectivity index (χ3v) is 8.30. The summed E-state index contributed by atoms with van der Waals surface area (Å²) in [5.74, 6) is 0.260. The Labute approximate surface area is 250 Å². The number of nitrogens with zero attached hydrogens (tertiary/aromatic N) is 5. The topological polar surface area (TPSA) is 134 Å². The monoisotopic (exact) mass is 580 g/mol. The minimum absolute atomic E-state index is 0.0233. The first-order valence-corrected chi connectivity index (χ1v) is 14.5. The summed E-state index contributed by atoms with van der Waals surface area (Å²) >= 11 is 0. The van der Waals surface area contributed by atoms with Crippen molar-refractivity contribution >= 4 is 41.1 Å². The summed E-state index contributed by atoms with van der Waals surface area (Å²) in [5, 5.41) is 6.01. The minimum Gasteiger partial charge on any atom is -0.423 e. The fourth-order valence-corrected chi connectivity index (χ4v) is 5.68. The van der Waals surface area contributed by atoms with Crippen LogP contribution in [0.2, 0.25) is 0 Å². The zero-order valence-electron chi connectivity index (χ0n) is 24.6. The maximum atomic E-state index is 13.7. The first kappa shape index (κ1) is 28.4. The minimum atomic E-state index is -0.725. The van der Waals surface area contributed by atoms with E-state index in [-0.39, 0.29) is 11.9 Å². The molecule has 11 nitrogen and oxygen atoms in total. The van der Waals surface area contributed by atoms with Crippen LogP contribution in [0.1, 0.15) is 42.4 Å². The summed E-state index contributed by atoms with van der Waals surface area (Å²) in [6.45, 7) is 6.88. The van der Waals surface area contributed by atoms with Crippen LogP contribution in [-0.4, -0.2) is 70.7 Å². The van der Waals surface area contributed by atoms with E-state index >= 15 is 0 Å². The van der Waals surface area contributed by atoms with Gasteiger partial charge in [-0.3, -0.25) is 19.9 Å². The first-order chi connectivity index (χ1) is 20.8. The molecule has 0 saturated carbocycles. The van der Waals surface area contributed by atoms with Crippen molar-refractivity contribution in [3.8, 4) is 11.1 Å². The number of rotatable bonds is 8. The molecule has 1 unspecified atom stereocenters. The summed E-state index contributed by atoms with van der Waals surface area (Å²) in [7, 11) is 2.01. The molecule has 2 atom stereocenters. The number of fused-ring (bicyclic) bond motifs is 2. The number of aromatic nitrogens is 2. The predicted molar refractivity (Wildman–Crippen MR) is 168 cm³/mol. The van der Waals surface area contributed by atoms with Crippen LogP contribution in [0.25, 0.3) is 22.2 Å². The molecule has 2 aliphatic rings. The van der Waals surface area contributed by atoms with Crippen molar-refractivity contribution in [3.05, 3.63) is 78.0 Å². The van der Waals surface area contributed by atoms with E-state index in [9.17, 15) is 9.59 Å². The molecule has 0 bridgehead atoms. The third-order valence-electron chi connectivity index (χ3n) is 8.30. The summed E-state index contributed by atoms with van der Waals surface area (Å²) in [5.41, 5.74) is 10.1. The molecule has 0 spiro atoms. The van der Waals surface area contributed by atoms with E-state index in [1.807, 2.05) is 71.1 Å². The molecule has 1 saturated heterocycles. The second kappa shape index (κ2) is 11.5. The summed E-state index contributed by atoms with van der Waals surface area (Å²) < 4.78 is 7.88. The van der Waals surface area contributed by atoms with E-state index in [0.29, 0.717) is 54.1 Å². The molecule has 0 radical (unpaired) electrons. The van der Waals surface area contributed by atoms with E-state index in [1.165, 1.54) is 0 Å². The molecule has 43 heavy (non-hydrogen) atoms. The molecule has 1 fully saturated rings. The second-order valence-corrected chi connectivity index (χ2v) is 11.3. The largest absolute Gasteiger partial charge is 0.423 e. The molecule has 4 aromatic rings. The Balaban J connectivity index is 1.24. The molecule has 2 aromatic carbocycles. The van der Waals surface area contributed by atoms with E-state index in [4.69, 9.17) is 10.2 Å². The van der Waals surface area contributed by atoms with Gasteiger partial charge in [0.2, 0.25) is 5.91 Å². The molecule has 2 aliphatic heterocycles. The van der Waals surface area contributed by atoms with Crippen LogP contribution in [0, 0.1) is 0 Å². The fourth-order valence-electron chi connectivity index (χ4n) is 5.68. The first-order valence-electron chi connectivity index (χ1n) is 14.5. The van der Waals surface area contributed by atoms with Gasteiger partial charge in [-0.1, -0.05) is 49.4 Å². The number of carbonyl (C=O) groups excluding carboxylic acids is 2. The summed E-state index contributed by atoms with van der Waals surface area (Å²) in [6.07, 6.45) is 6.87. The number of likely N-dealkylation sites (tertiary alicyclic amines) is 1. The number of likely N-dealkylation sites (N-methyl/N-ethyl adjacent to an activating group) is 1. The zero-order valence-corrected chi connectivity index (χ0v) is 24.6. The zero-order chi connectivity index (χ0) is 30.1. The van der Waals surface area contributed by atoms with Gasteiger partial charge >= 0.3 is 6.01 Å². The maximum Gasteiger partial charge on any atom is 0.302 e. The van der Waals surface area contributed by atoms with E-state index in [0.717, 1.165) is 17.7 Å². The highest BCUT2D eigenvalue weighted by Crippen LogP contribution is 2.39. The van der Waals surface area contributed by atoms with Crippen LogP contribution in [0.15, 0.2) is 76.3 Å². The highest BCUT2D eigenvalue weighted by molar-refractivity contribution is 6.06. The average Bonchev–Trinajstić information content (AvgIpc) is 3.73. The Hall–Kier alpha value is -4.74. The van der Waals surface area contributed by atoms with E-state index in [1.54, 1.807) is 18.6 Å². The highest BCUT2D eigenvalue weighted by atomic mass is 16.4. The molecule has 6 rings (SSSR count). The number of nitrogens with one attached hydrogen (secondary N) is 2. The Morgan fingerprint density at radius 2 is 2.05 bits per heavy atom. The lowest BCUT2D eigenvalue weighted by Crippen LogP contribution is -2.36. The number of carbonyl (C=O) groups is 2. The van der Waals surface area contributed by atoms with Crippen molar-refractivity contribution in [3.63, 3.8) is 0 Å². The van der Waals surface area contributed by atoms with Crippen LogP contribution < -0.4 is 16.4 Å². The lowest BCUT2D eigenvalue weighted by molar-refractivity contribution is -0.125. The van der Waals surface area contributed by atoms with Gasteiger partial charge in [-0.25, -0.2) is 0 Å². The van der Waals surface area contributed by atoms with Gasteiger partial charge in [0, 0.05) is 37.5 Å². The van der Waals surface area contributed by atoms with Gasteiger partial charge in [0.15, 0.2) is 5.58 Å². The van der Waals surface area contributed by atoms with Gasteiger partial charge in [0.1, 0.15) is 17.5 Å². The van der Waals surface area contributed by atoms with Gasteiger partial charge in [0.25, 0.3) is 5.91 Å². The summed E-state index contributed by atoms with van der Waals surface area (Å²) in [6, 6.07) is 15.8. The van der Waals surface area contributed by atoms with Crippen molar-refractivity contribution in [2.75, 3.05) is 43.9 Å². The average molecular weight is 581 g/mol. The lowest BCUT2D eigenvalue weighted by Gasteiger charge is -2.30. The van der Waals surface area contributed by atoms with Crippen LogP contribution in [-0.2, 0) is 10.3 Å². The maximum absolute atomic E-state index is 13.7. The standard InChI is InChI=1S/C32H36N8O3/c1-4-38(3)15-8-11-26(41)39-16-14-32(2,19-39)40-18-23(27-28(33)34-20-35-29(27)40)30(42)37-31-36-24-17-22(12-13-25(24)43-31)21-9-6-5-7-10-21/h5-13,17-18,20,28H,4,14-16,19,33H2,1-3H3,(H,34,35)(H,36,37,42)/b11-8+/t28?,32-/m0/s1. The lowest BCUT2D eigenvalue weighted by atomic mass is 10.0. The highest BCUT2D eigenvalue weighted by Gasteiger charge is 2.41. The van der Waals surface area contributed by atoms with Crippen molar-refractivity contribution in [1.29, 1.82) is 0 Å². The number of benzene rings is 2. The van der Waals surface area contributed by atoms with Crippen molar-refractivity contribution in [2.24, 2.45) is 10.7 Å². The molecule has 2 amide bonds. The van der Waals surface area contributed by atoms with Gasteiger partial charge in [-0.05, 0) is 50.2 Å². The van der Waals surface area contributed by atoms with Crippen LogP contribution >= 0.6 is 0 Å². The molecular formula is C32H36N8O3. The number of aliphatic imine (C=N–C) groups is 1. The molecule has 0 aliphatic carbocycles. The Bertz CT molecular complexity index is 1720. The fraction of sp³-hybridized carbons (Fsp3) is 0.312. The van der Waals surface area contributed by atoms with Gasteiger partial charge in [-0.2, -0.15) is 4.98 Å². The van der Waals surface area contributed by atoms with Crippen molar-refractivity contribution in [1.82, 2.24) is 19.4 Å². The quantitative estimate of drug-likeness (QED) is 0.263. The van der Waals surface area contributed by atoms with Gasteiger partial charge < -0.3 is 29.8 Å².